The predicted molar refractivity (Wildman–Crippen MR) is 133 cm³/mol. The molecule has 1 aliphatic rings. The van der Waals surface area contributed by atoms with Crippen LogP contribution in [0, 0.1) is 0 Å². The van der Waals surface area contributed by atoms with Crippen LogP contribution in [0.4, 0.5) is 5.69 Å². The number of rotatable bonds is 7. The highest BCUT2D eigenvalue weighted by molar-refractivity contribution is 9.10. The van der Waals surface area contributed by atoms with Crippen molar-refractivity contribution < 1.29 is 19.0 Å². The van der Waals surface area contributed by atoms with Crippen LogP contribution in [-0.4, -0.2) is 32.6 Å². The molecule has 168 valence electrons. The fourth-order valence-electron chi connectivity index (χ4n) is 3.49. The van der Waals surface area contributed by atoms with Gasteiger partial charge in [-0.05, 0) is 61.5 Å². The van der Waals surface area contributed by atoms with Crippen LogP contribution in [-0.2, 0) is 4.79 Å². The lowest BCUT2D eigenvalue weighted by Gasteiger charge is -2.19. The number of amides is 1. The Morgan fingerprint density at radius 3 is 2.27 bits per heavy atom. The largest absolute Gasteiger partial charge is 0.497 e. The topological polar surface area (TPSA) is 60.4 Å². The Labute approximate surface area is 201 Å². The van der Waals surface area contributed by atoms with Crippen LogP contribution in [0.1, 0.15) is 18.1 Å². The summed E-state index contributed by atoms with van der Waals surface area (Å²) in [5.41, 5.74) is 2.57. The molecule has 0 N–H and O–H groups in total. The first-order chi connectivity index (χ1) is 16.0. The lowest BCUT2D eigenvalue weighted by atomic mass is 10.1. The molecule has 1 heterocycles. The number of nitrogens with zero attached hydrogens (tertiary/aromatic N) is 2. The van der Waals surface area contributed by atoms with Crippen molar-refractivity contribution in [3.05, 3.63) is 88.0 Å². The van der Waals surface area contributed by atoms with Gasteiger partial charge in [0.05, 0.1) is 26.5 Å². The highest BCUT2D eigenvalue weighted by Gasteiger charge is 2.32. The SMILES string of the molecule is CCOc1ccc(N2C(=O)/C(=C\c3ccc(OC)cc3OC)N=C2c2ccc(Br)cc2)cc1. The summed E-state index contributed by atoms with van der Waals surface area (Å²) in [6.07, 6.45) is 1.73. The molecule has 0 spiro atoms. The number of halogens is 1. The second kappa shape index (κ2) is 9.92. The van der Waals surface area contributed by atoms with E-state index < -0.39 is 0 Å². The number of methoxy groups -OCH3 is 2. The zero-order valence-electron chi connectivity index (χ0n) is 18.5. The number of amidine groups is 1. The predicted octanol–water partition coefficient (Wildman–Crippen LogP) is 5.70. The molecule has 3 aromatic rings. The summed E-state index contributed by atoms with van der Waals surface area (Å²) in [7, 11) is 3.17. The lowest BCUT2D eigenvalue weighted by molar-refractivity contribution is -0.113. The van der Waals surface area contributed by atoms with E-state index in [0.29, 0.717) is 35.3 Å². The van der Waals surface area contributed by atoms with E-state index in [4.69, 9.17) is 19.2 Å². The smallest absolute Gasteiger partial charge is 0.282 e. The Bertz CT molecular complexity index is 1220. The van der Waals surface area contributed by atoms with Crippen molar-refractivity contribution in [2.75, 3.05) is 25.7 Å². The Kier molecular flexibility index (Phi) is 6.79. The minimum atomic E-state index is -0.227. The maximum Gasteiger partial charge on any atom is 0.282 e. The number of hydrogen-bond acceptors (Lipinski definition) is 5. The molecule has 6 nitrogen and oxygen atoms in total. The van der Waals surface area contributed by atoms with Crippen molar-refractivity contribution in [3.63, 3.8) is 0 Å². The van der Waals surface area contributed by atoms with Gasteiger partial charge in [0.25, 0.3) is 5.91 Å². The third-order valence-corrected chi connectivity index (χ3v) is 5.63. The van der Waals surface area contributed by atoms with Crippen molar-refractivity contribution in [3.8, 4) is 17.2 Å². The number of benzene rings is 3. The van der Waals surface area contributed by atoms with Gasteiger partial charge in [-0.1, -0.05) is 28.1 Å². The van der Waals surface area contributed by atoms with Crippen LogP contribution in [0.3, 0.4) is 0 Å². The first-order valence-corrected chi connectivity index (χ1v) is 11.2. The summed E-state index contributed by atoms with van der Waals surface area (Å²) in [5.74, 6) is 2.33. The molecule has 1 amide bonds. The number of carbonyl (C=O) groups is 1. The van der Waals surface area contributed by atoms with Gasteiger partial charge in [0.2, 0.25) is 0 Å². The maximum atomic E-state index is 13.5. The van der Waals surface area contributed by atoms with Gasteiger partial charge in [0.15, 0.2) is 0 Å². The van der Waals surface area contributed by atoms with Crippen molar-refractivity contribution in [2.24, 2.45) is 4.99 Å². The van der Waals surface area contributed by atoms with Gasteiger partial charge in [-0.25, -0.2) is 4.99 Å². The molecule has 0 aromatic heterocycles. The van der Waals surface area contributed by atoms with Crippen LogP contribution < -0.4 is 19.1 Å². The van der Waals surface area contributed by atoms with E-state index in [1.165, 1.54) is 0 Å². The van der Waals surface area contributed by atoms with Gasteiger partial charge in [-0.3, -0.25) is 9.69 Å². The van der Waals surface area contributed by atoms with E-state index in [9.17, 15) is 4.79 Å². The monoisotopic (exact) mass is 506 g/mol. The van der Waals surface area contributed by atoms with Gasteiger partial charge in [0, 0.05) is 21.7 Å². The molecule has 7 heteroatoms. The van der Waals surface area contributed by atoms with Gasteiger partial charge >= 0.3 is 0 Å². The number of carbonyl (C=O) groups excluding carboxylic acids is 1. The quantitative estimate of drug-likeness (QED) is 0.385. The molecule has 0 aliphatic carbocycles. The molecule has 1 aliphatic heterocycles. The fraction of sp³-hybridized carbons (Fsp3) is 0.154. The molecule has 0 bridgehead atoms. The van der Waals surface area contributed by atoms with Crippen molar-refractivity contribution in [1.29, 1.82) is 0 Å². The van der Waals surface area contributed by atoms with E-state index in [0.717, 1.165) is 21.3 Å². The molecule has 0 saturated heterocycles. The van der Waals surface area contributed by atoms with Crippen molar-refractivity contribution >= 4 is 39.4 Å². The van der Waals surface area contributed by atoms with E-state index >= 15 is 0 Å². The third kappa shape index (κ3) is 4.78. The van der Waals surface area contributed by atoms with Crippen LogP contribution in [0.25, 0.3) is 6.08 Å². The minimum Gasteiger partial charge on any atom is -0.497 e. The number of aliphatic imine (C=N–C) groups is 1. The van der Waals surface area contributed by atoms with Gasteiger partial charge in [-0.15, -0.1) is 0 Å². The highest BCUT2D eigenvalue weighted by atomic mass is 79.9. The van der Waals surface area contributed by atoms with Crippen molar-refractivity contribution in [1.82, 2.24) is 0 Å². The van der Waals surface area contributed by atoms with E-state index in [-0.39, 0.29) is 5.91 Å². The van der Waals surface area contributed by atoms with Crippen LogP contribution in [0.5, 0.6) is 17.2 Å². The molecule has 3 aromatic carbocycles. The second-order valence-electron chi connectivity index (χ2n) is 7.15. The Hall–Kier alpha value is -3.58. The molecular formula is C26H23BrN2O4. The van der Waals surface area contributed by atoms with Crippen LogP contribution >= 0.6 is 15.9 Å². The second-order valence-corrected chi connectivity index (χ2v) is 8.06. The summed E-state index contributed by atoms with van der Waals surface area (Å²) in [6.45, 7) is 2.50. The third-order valence-electron chi connectivity index (χ3n) is 5.10. The standard InChI is InChI=1S/C26H23BrN2O4/c1-4-33-21-13-10-20(11-14-21)29-25(17-5-8-19(27)9-6-17)28-23(26(29)30)15-18-7-12-22(31-2)16-24(18)32-3/h5-16H,4H2,1-3H3/b23-15+. The van der Waals surface area contributed by atoms with Crippen LogP contribution in [0.2, 0.25) is 0 Å². The normalized spacial score (nSPS) is 14.4. The molecule has 0 atom stereocenters. The molecule has 0 unspecified atom stereocenters. The molecular weight excluding hydrogens is 484 g/mol. The zero-order chi connectivity index (χ0) is 23.4. The highest BCUT2D eigenvalue weighted by Crippen LogP contribution is 2.32. The van der Waals surface area contributed by atoms with E-state index in [2.05, 4.69) is 15.9 Å². The van der Waals surface area contributed by atoms with Gasteiger partial charge < -0.3 is 14.2 Å². The average molecular weight is 507 g/mol. The van der Waals surface area contributed by atoms with Gasteiger partial charge in [0.1, 0.15) is 28.8 Å². The first-order valence-electron chi connectivity index (χ1n) is 10.4. The lowest BCUT2D eigenvalue weighted by Crippen LogP contribution is -2.32. The summed E-state index contributed by atoms with van der Waals surface area (Å²) in [5, 5.41) is 0. The first kappa shape index (κ1) is 22.6. The maximum absolute atomic E-state index is 13.5. The van der Waals surface area contributed by atoms with Crippen molar-refractivity contribution in [2.45, 2.75) is 6.92 Å². The Morgan fingerprint density at radius 1 is 0.939 bits per heavy atom. The molecule has 4 rings (SSSR count). The van der Waals surface area contributed by atoms with Crippen LogP contribution in [0.15, 0.2) is 81.9 Å². The molecule has 33 heavy (non-hydrogen) atoms. The zero-order valence-corrected chi connectivity index (χ0v) is 20.1. The average Bonchev–Trinajstić information content (AvgIpc) is 3.16. The number of hydrogen-bond donors (Lipinski definition) is 0. The Balaban J connectivity index is 1.79. The number of ether oxygens (including phenoxy) is 3. The van der Waals surface area contributed by atoms with Gasteiger partial charge in [-0.2, -0.15) is 0 Å². The number of anilines is 1. The molecule has 0 fully saturated rings. The van der Waals surface area contributed by atoms with E-state index in [1.54, 1.807) is 31.3 Å². The summed E-state index contributed by atoms with van der Waals surface area (Å²) < 4.78 is 17.3. The summed E-state index contributed by atoms with van der Waals surface area (Å²) >= 11 is 3.46. The Morgan fingerprint density at radius 2 is 1.64 bits per heavy atom. The molecule has 0 saturated carbocycles. The minimum absolute atomic E-state index is 0.227. The summed E-state index contributed by atoms with van der Waals surface area (Å²) in [4.78, 5) is 19.9. The summed E-state index contributed by atoms with van der Waals surface area (Å²) in [6, 6.07) is 20.5. The molecule has 0 radical (unpaired) electrons. The van der Waals surface area contributed by atoms with E-state index in [1.807, 2.05) is 67.6 Å². The fourth-order valence-corrected chi connectivity index (χ4v) is 3.76.